The number of ether oxygens (including phenoxy) is 1. The Balaban J connectivity index is 3.12. The fraction of sp³-hybridized carbons (Fsp3) is 0.350. The Kier molecular flexibility index (Phi) is 8.72. The molecule has 0 aliphatic rings. The molecule has 0 spiro atoms. The van der Waals surface area contributed by atoms with E-state index in [4.69, 9.17) is 4.74 Å². The van der Waals surface area contributed by atoms with E-state index in [9.17, 15) is 58.8 Å². The molecule has 0 saturated carbocycles. The lowest BCUT2D eigenvalue weighted by Gasteiger charge is -2.36. The Labute approximate surface area is 213 Å². The minimum atomic E-state index is -6.93. The lowest BCUT2D eigenvalue weighted by Crippen LogP contribution is -2.52. The van der Waals surface area contributed by atoms with E-state index in [0.717, 1.165) is 6.92 Å². The van der Waals surface area contributed by atoms with E-state index < -0.39 is 91.6 Å². The summed E-state index contributed by atoms with van der Waals surface area (Å²) < 4.78 is 157. The SMILES string of the molecule is CCOCN(C(=O)c1cccc([N+](=O)[O-])c1F)c1c(C(F)(F)F)ccc(Br)c1C(F)(C(F)(F)F)C(F)(F)F. The third-order valence-corrected chi connectivity index (χ3v) is 5.56. The largest absolute Gasteiger partial charge is 0.436 e. The second-order valence-corrected chi connectivity index (χ2v) is 8.08. The van der Waals surface area contributed by atoms with Gasteiger partial charge in [-0.2, -0.15) is 43.9 Å². The Morgan fingerprint density at radius 2 is 1.55 bits per heavy atom. The molecule has 2 rings (SSSR count). The molecule has 0 saturated heterocycles. The summed E-state index contributed by atoms with van der Waals surface area (Å²) in [5, 5.41) is 11.0. The summed E-state index contributed by atoms with van der Waals surface area (Å²) in [5.41, 5.74) is -16.7. The van der Waals surface area contributed by atoms with Gasteiger partial charge in [0.2, 0.25) is 5.82 Å². The van der Waals surface area contributed by atoms with Crippen LogP contribution in [0.25, 0.3) is 0 Å². The molecular formula is C20H12BrF11N2O4. The Morgan fingerprint density at radius 3 is 2.00 bits per heavy atom. The molecule has 38 heavy (non-hydrogen) atoms. The standard InChI is InChI=1S/C20H12BrF11N2O4/c1-2-38-8-33(16(35)9-4-3-5-12(14(9)22)34(36)37)15-10(18(24,25)26)6-7-11(21)13(15)17(23,19(27,28)29)20(30,31)32/h3-7H,2,8H2,1H3. The minimum absolute atomic E-state index is 0.0464. The predicted molar refractivity (Wildman–Crippen MR) is 110 cm³/mol. The molecule has 210 valence electrons. The maximum atomic E-state index is 15.2. The number of carbonyl (C=O) groups is 1. The number of nitro groups is 1. The van der Waals surface area contributed by atoms with Gasteiger partial charge in [-0.05, 0) is 25.1 Å². The zero-order chi connectivity index (χ0) is 29.4. The summed E-state index contributed by atoms with van der Waals surface area (Å²) >= 11 is 2.21. The summed E-state index contributed by atoms with van der Waals surface area (Å²) in [7, 11) is 0. The highest BCUT2D eigenvalue weighted by atomic mass is 79.9. The van der Waals surface area contributed by atoms with Crippen LogP contribution in [-0.2, 0) is 16.6 Å². The molecule has 0 unspecified atom stereocenters. The molecule has 18 heteroatoms. The van der Waals surface area contributed by atoms with E-state index in [-0.39, 0.29) is 12.1 Å². The van der Waals surface area contributed by atoms with Gasteiger partial charge in [-0.15, -0.1) is 0 Å². The number of rotatable bonds is 7. The molecular weight excluding hydrogens is 621 g/mol. The Bertz CT molecular complexity index is 1220. The van der Waals surface area contributed by atoms with Crippen molar-refractivity contribution < 1.29 is 62.7 Å². The van der Waals surface area contributed by atoms with E-state index in [1.54, 1.807) is 0 Å². The van der Waals surface area contributed by atoms with Gasteiger partial charge in [0.1, 0.15) is 6.73 Å². The van der Waals surface area contributed by atoms with Crippen molar-refractivity contribution in [3.05, 3.63) is 67.4 Å². The summed E-state index contributed by atoms with van der Waals surface area (Å²) in [5.74, 6) is -4.08. The van der Waals surface area contributed by atoms with Crippen molar-refractivity contribution in [2.75, 3.05) is 18.2 Å². The molecule has 0 bridgehead atoms. The van der Waals surface area contributed by atoms with Crippen LogP contribution < -0.4 is 4.90 Å². The first-order chi connectivity index (χ1) is 17.2. The molecule has 0 atom stereocenters. The average Bonchev–Trinajstić information content (AvgIpc) is 2.76. The minimum Gasteiger partial charge on any atom is -0.361 e. The number of benzene rings is 2. The zero-order valence-electron chi connectivity index (χ0n) is 18.4. The van der Waals surface area contributed by atoms with Gasteiger partial charge in [0.25, 0.3) is 5.91 Å². The fourth-order valence-corrected chi connectivity index (χ4v) is 3.82. The Morgan fingerprint density at radius 1 is 1.00 bits per heavy atom. The lowest BCUT2D eigenvalue weighted by atomic mass is 9.89. The van der Waals surface area contributed by atoms with Crippen molar-refractivity contribution in [2.24, 2.45) is 0 Å². The van der Waals surface area contributed by atoms with Crippen LogP contribution in [0.1, 0.15) is 28.4 Å². The quantitative estimate of drug-likeness (QED) is 0.138. The molecule has 0 N–H and O–H groups in total. The van der Waals surface area contributed by atoms with Crippen molar-refractivity contribution in [1.82, 2.24) is 0 Å². The van der Waals surface area contributed by atoms with Crippen molar-refractivity contribution in [3.63, 3.8) is 0 Å². The highest BCUT2D eigenvalue weighted by Crippen LogP contribution is 2.59. The monoisotopic (exact) mass is 632 g/mol. The fourth-order valence-electron chi connectivity index (χ4n) is 3.23. The van der Waals surface area contributed by atoms with Gasteiger partial charge in [-0.1, -0.05) is 22.0 Å². The van der Waals surface area contributed by atoms with Gasteiger partial charge >= 0.3 is 29.9 Å². The van der Waals surface area contributed by atoms with E-state index in [0.29, 0.717) is 18.2 Å². The smallest absolute Gasteiger partial charge is 0.361 e. The molecule has 0 aliphatic heterocycles. The van der Waals surface area contributed by atoms with Crippen LogP contribution in [0.5, 0.6) is 0 Å². The first kappa shape index (κ1) is 31.2. The highest BCUT2D eigenvalue weighted by Gasteiger charge is 2.75. The molecule has 0 radical (unpaired) electrons. The first-order valence-corrected chi connectivity index (χ1v) is 10.6. The molecule has 6 nitrogen and oxygen atoms in total. The molecule has 0 fully saturated rings. The van der Waals surface area contributed by atoms with E-state index in [1.807, 2.05) is 0 Å². The van der Waals surface area contributed by atoms with Crippen LogP contribution in [-0.4, -0.2) is 36.5 Å². The number of alkyl halides is 10. The maximum absolute atomic E-state index is 15.2. The van der Waals surface area contributed by atoms with Crippen LogP contribution in [0.3, 0.4) is 0 Å². The number of amides is 1. The Hall–Kier alpha value is -3.02. The predicted octanol–water partition coefficient (Wildman–Crippen LogP) is 7.45. The topological polar surface area (TPSA) is 72.7 Å². The second-order valence-electron chi connectivity index (χ2n) is 7.22. The van der Waals surface area contributed by atoms with Crippen LogP contribution >= 0.6 is 15.9 Å². The maximum Gasteiger partial charge on any atom is 0.436 e. The van der Waals surface area contributed by atoms with Gasteiger partial charge in [0.05, 0.1) is 21.7 Å². The molecule has 0 aromatic heterocycles. The van der Waals surface area contributed by atoms with E-state index in [2.05, 4.69) is 15.9 Å². The van der Waals surface area contributed by atoms with Crippen molar-refractivity contribution >= 4 is 33.2 Å². The molecule has 1 amide bonds. The highest BCUT2D eigenvalue weighted by molar-refractivity contribution is 9.10. The van der Waals surface area contributed by atoms with Crippen molar-refractivity contribution in [2.45, 2.75) is 31.1 Å². The van der Waals surface area contributed by atoms with Crippen molar-refractivity contribution in [3.8, 4) is 0 Å². The van der Waals surface area contributed by atoms with Crippen LogP contribution in [0.2, 0.25) is 0 Å². The van der Waals surface area contributed by atoms with Gasteiger partial charge in [-0.25, -0.2) is 4.39 Å². The van der Waals surface area contributed by atoms with Crippen molar-refractivity contribution in [1.29, 1.82) is 0 Å². The van der Waals surface area contributed by atoms with Crippen LogP contribution in [0, 0.1) is 15.9 Å². The van der Waals surface area contributed by atoms with Crippen LogP contribution in [0.4, 0.5) is 59.7 Å². The number of hydrogen-bond acceptors (Lipinski definition) is 4. The lowest BCUT2D eigenvalue weighted by molar-refractivity contribution is -0.387. The number of carbonyl (C=O) groups excluding carboxylic acids is 1. The van der Waals surface area contributed by atoms with Gasteiger partial charge < -0.3 is 4.74 Å². The van der Waals surface area contributed by atoms with Gasteiger partial charge in [0.15, 0.2) is 0 Å². The molecule has 0 aliphatic carbocycles. The van der Waals surface area contributed by atoms with E-state index >= 15 is 4.39 Å². The number of nitrogens with zero attached hydrogens (tertiary/aromatic N) is 2. The second kappa shape index (κ2) is 10.6. The average molecular weight is 633 g/mol. The van der Waals surface area contributed by atoms with E-state index in [1.165, 1.54) is 0 Å². The third-order valence-electron chi connectivity index (χ3n) is 4.90. The van der Waals surface area contributed by atoms with Crippen LogP contribution in [0.15, 0.2) is 34.8 Å². The molecule has 0 heterocycles. The summed E-state index contributed by atoms with van der Waals surface area (Å²) in [6, 6.07) is 1.65. The summed E-state index contributed by atoms with van der Waals surface area (Å²) in [6.07, 6.45) is -19.7. The number of halogens is 12. The number of anilines is 1. The van der Waals surface area contributed by atoms with Gasteiger partial charge in [-0.3, -0.25) is 19.8 Å². The molecule has 2 aromatic carbocycles. The first-order valence-electron chi connectivity index (χ1n) is 9.76. The number of nitro benzene ring substituents is 1. The zero-order valence-corrected chi connectivity index (χ0v) is 19.9. The normalized spacial score (nSPS) is 13.0. The summed E-state index contributed by atoms with van der Waals surface area (Å²) in [4.78, 5) is 22.3. The third kappa shape index (κ3) is 5.55. The van der Waals surface area contributed by atoms with Gasteiger partial charge in [0, 0.05) is 22.7 Å². The molecule has 2 aromatic rings. The summed E-state index contributed by atoms with van der Waals surface area (Å²) in [6.45, 7) is -0.880. The number of hydrogen-bond donors (Lipinski definition) is 0.